The predicted octanol–water partition coefficient (Wildman–Crippen LogP) is 4.61. The molecule has 4 nitrogen and oxygen atoms in total. The van der Waals surface area contributed by atoms with Crippen molar-refractivity contribution in [1.82, 2.24) is 14.6 Å². The van der Waals surface area contributed by atoms with Crippen molar-refractivity contribution in [3.05, 3.63) is 53.9 Å². The third kappa shape index (κ3) is 3.42. The Hall–Kier alpha value is -2.20. The van der Waals surface area contributed by atoms with Gasteiger partial charge in [-0.2, -0.15) is 5.10 Å². The van der Waals surface area contributed by atoms with Gasteiger partial charge in [-0.25, -0.2) is 9.50 Å². The van der Waals surface area contributed by atoms with E-state index in [1.807, 2.05) is 39.2 Å². The van der Waals surface area contributed by atoms with Crippen molar-refractivity contribution in [3.63, 3.8) is 0 Å². The van der Waals surface area contributed by atoms with Gasteiger partial charge in [0.05, 0.1) is 17.5 Å². The molecule has 0 amide bonds. The first kappa shape index (κ1) is 17.2. The lowest BCUT2D eigenvalue weighted by Gasteiger charge is -2.23. The predicted molar refractivity (Wildman–Crippen MR) is 94.5 cm³/mol. The summed E-state index contributed by atoms with van der Waals surface area (Å²) in [6.45, 7) is 10.1. The van der Waals surface area contributed by atoms with Gasteiger partial charge in [-0.3, -0.25) is 0 Å². The zero-order valence-electron chi connectivity index (χ0n) is 14.8. The van der Waals surface area contributed by atoms with Crippen LogP contribution in [0.3, 0.4) is 0 Å². The van der Waals surface area contributed by atoms with Crippen LogP contribution in [-0.2, 0) is 10.3 Å². The van der Waals surface area contributed by atoms with Gasteiger partial charge in [-0.05, 0) is 32.4 Å². The number of ether oxygens (including phenoxy) is 1. The first-order valence-corrected chi connectivity index (χ1v) is 7.98. The van der Waals surface area contributed by atoms with E-state index in [0.29, 0.717) is 0 Å². The van der Waals surface area contributed by atoms with Crippen molar-refractivity contribution >= 4 is 5.65 Å². The topological polar surface area (TPSA) is 39.4 Å². The molecule has 3 rings (SSSR count). The van der Waals surface area contributed by atoms with Gasteiger partial charge in [-0.1, -0.05) is 38.1 Å². The molecule has 0 fully saturated rings. The fraction of sp³-hybridized carbons (Fsp3) is 0.368. The van der Waals surface area contributed by atoms with E-state index < -0.39 is 0 Å². The van der Waals surface area contributed by atoms with Crippen molar-refractivity contribution in [2.75, 3.05) is 7.11 Å². The Balaban J connectivity index is 0.000000924. The Bertz CT molecular complexity index is 773. The van der Waals surface area contributed by atoms with Crippen LogP contribution in [0.25, 0.3) is 16.9 Å². The molecule has 23 heavy (non-hydrogen) atoms. The smallest absolute Gasteiger partial charge is 0.158 e. The standard InChI is InChI=1S/C17H19N3O.C2H6/c1-12-11-18-20-10-9-15(19-16(12)20)13-5-7-14(8-6-13)17(2,3)21-4;1-2/h5-11H,1-4H3;1-2H3. The van der Waals surface area contributed by atoms with E-state index in [4.69, 9.17) is 4.74 Å². The molecule has 0 aliphatic rings. The van der Waals surface area contributed by atoms with Crippen molar-refractivity contribution in [2.45, 2.75) is 40.2 Å². The molecule has 0 aliphatic heterocycles. The fourth-order valence-corrected chi connectivity index (χ4v) is 2.30. The molecule has 0 N–H and O–H groups in total. The van der Waals surface area contributed by atoms with Crippen LogP contribution in [-0.4, -0.2) is 21.7 Å². The molecule has 0 atom stereocenters. The molecule has 2 aromatic heterocycles. The summed E-state index contributed by atoms with van der Waals surface area (Å²) < 4.78 is 7.30. The third-order valence-electron chi connectivity index (χ3n) is 3.93. The Morgan fingerprint density at radius 3 is 2.30 bits per heavy atom. The van der Waals surface area contributed by atoms with Crippen LogP contribution < -0.4 is 0 Å². The Kier molecular flexibility index (Phi) is 5.16. The number of hydrogen-bond acceptors (Lipinski definition) is 3. The summed E-state index contributed by atoms with van der Waals surface area (Å²) in [5.74, 6) is 0. The molecule has 0 saturated heterocycles. The van der Waals surface area contributed by atoms with E-state index in [-0.39, 0.29) is 5.60 Å². The van der Waals surface area contributed by atoms with Crippen molar-refractivity contribution in [2.24, 2.45) is 0 Å². The van der Waals surface area contributed by atoms with Crippen LogP contribution in [0.15, 0.2) is 42.7 Å². The van der Waals surface area contributed by atoms with Crippen molar-refractivity contribution in [1.29, 1.82) is 0 Å². The second kappa shape index (κ2) is 6.92. The summed E-state index contributed by atoms with van der Waals surface area (Å²) in [6, 6.07) is 10.3. The van der Waals surface area contributed by atoms with Crippen LogP contribution >= 0.6 is 0 Å². The summed E-state index contributed by atoms with van der Waals surface area (Å²) >= 11 is 0. The molecule has 0 radical (unpaired) electrons. The van der Waals surface area contributed by atoms with Crippen LogP contribution in [0, 0.1) is 6.92 Å². The molecule has 0 bridgehead atoms. The van der Waals surface area contributed by atoms with Crippen molar-refractivity contribution < 1.29 is 4.74 Å². The molecule has 122 valence electrons. The highest BCUT2D eigenvalue weighted by Crippen LogP contribution is 2.26. The number of rotatable bonds is 3. The molecule has 1 aromatic carbocycles. The second-order valence-corrected chi connectivity index (χ2v) is 5.70. The van der Waals surface area contributed by atoms with Gasteiger partial charge in [0.15, 0.2) is 5.65 Å². The van der Waals surface area contributed by atoms with Gasteiger partial charge >= 0.3 is 0 Å². The van der Waals surface area contributed by atoms with Crippen LogP contribution in [0.1, 0.15) is 38.8 Å². The molecule has 2 heterocycles. The minimum Gasteiger partial charge on any atom is -0.374 e. The van der Waals surface area contributed by atoms with Crippen LogP contribution in [0.2, 0.25) is 0 Å². The number of methoxy groups -OCH3 is 1. The van der Waals surface area contributed by atoms with E-state index in [2.05, 4.69) is 48.2 Å². The highest BCUT2D eigenvalue weighted by atomic mass is 16.5. The highest BCUT2D eigenvalue weighted by Gasteiger charge is 2.19. The lowest BCUT2D eigenvalue weighted by atomic mass is 9.96. The number of aromatic nitrogens is 3. The van der Waals surface area contributed by atoms with E-state index in [9.17, 15) is 0 Å². The zero-order chi connectivity index (χ0) is 17.0. The average Bonchev–Trinajstić information content (AvgIpc) is 2.97. The molecule has 0 aliphatic carbocycles. The molecule has 4 heteroatoms. The van der Waals surface area contributed by atoms with E-state index in [1.54, 1.807) is 11.6 Å². The van der Waals surface area contributed by atoms with Gasteiger partial charge in [0, 0.05) is 24.4 Å². The van der Waals surface area contributed by atoms with E-state index >= 15 is 0 Å². The molecular weight excluding hydrogens is 286 g/mol. The molecule has 3 aromatic rings. The monoisotopic (exact) mass is 311 g/mol. The maximum Gasteiger partial charge on any atom is 0.158 e. The van der Waals surface area contributed by atoms with Gasteiger partial charge < -0.3 is 4.74 Å². The third-order valence-corrected chi connectivity index (χ3v) is 3.93. The average molecular weight is 311 g/mol. The number of nitrogens with zero attached hydrogens (tertiary/aromatic N) is 3. The normalized spacial score (nSPS) is 11.2. The first-order chi connectivity index (χ1) is 11.0. The molecule has 0 saturated carbocycles. The number of aryl methyl sites for hydroxylation is 1. The van der Waals surface area contributed by atoms with Gasteiger partial charge in [0.2, 0.25) is 0 Å². The molecular formula is C19H25N3O. The lowest BCUT2D eigenvalue weighted by Crippen LogP contribution is -2.19. The van der Waals surface area contributed by atoms with Gasteiger partial charge in [0.1, 0.15) is 0 Å². The quantitative estimate of drug-likeness (QED) is 0.709. The largest absolute Gasteiger partial charge is 0.374 e. The summed E-state index contributed by atoms with van der Waals surface area (Å²) in [7, 11) is 1.73. The second-order valence-electron chi connectivity index (χ2n) is 5.70. The SMILES string of the molecule is CC.COC(C)(C)c1ccc(-c2ccn3ncc(C)c3n2)cc1. The van der Waals surface area contributed by atoms with E-state index in [0.717, 1.165) is 28.0 Å². The number of hydrogen-bond donors (Lipinski definition) is 0. The summed E-state index contributed by atoms with van der Waals surface area (Å²) in [5.41, 5.74) is 4.89. The van der Waals surface area contributed by atoms with Crippen molar-refractivity contribution in [3.8, 4) is 11.3 Å². The lowest BCUT2D eigenvalue weighted by molar-refractivity contribution is 0.0192. The van der Waals surface area contributed by atoms with Crippen LogP contribution in [0.5, 0.6) is 0 Å². The number of benzene rings is 1. The Labute approximate surface area is 138 Å². The Morgan fingerprint density at radius 1 is 1.04 bits per heavy atom. The zero-order valence-corrected chi connectivity index (χ0v) is 14.8. The summed E-state index contributed by atoms with van der Waals surface area (Å²) in [4.78, 5) is 4.69. The molecule has 0 unspecified atom stereocenters. The maximum absolute atomic E-state index is 5.51. The summed E-state index contributed by atoms with van der Waals surface area (Å²) in [5, 5.41) is 4.25. The van der Waals surface area contributed by atoms with Gasteiger partial charge in [0.25, 0.3) is 0 Å². The highest BCUT2D eigenvalue weighted by molar-refractivity contribution is 5.63. The molecule has 0 spiro atoms. The van der Waals surface area contributed by atoms with Crippen LogP contribution in [0.4, 0.5) is 0 Å². The van der Waals surface area contributed by atoms with E-state index in [1.165, 1.54) is 0 Å². The maximum atomic E-state index is 5.51. The summed E-state index contributed by atoms with van der Waals surface area (Å²) in [6.07, 6.45) is 3.77. The Morgan fingerprint density at radius 2 is 1.70 bits per heavy atom. The number of fused-ring (bicyclic) bond motifs is 1. The minimum absolute atomic E-state index is 0.280. The first-order valence-electron chi connectivity index (χ1n) is 7.98. The fourth-order valence-electron chi connectivity index (χ4n) is 2.30. The minimum atomic E-state index is -0.280. The van der Waals surface area contributed by atoms with Gasteiger partial charge in [-0.15, -0.1) is 0 Å².